The van der Waals surface area contributed by atoms with Crippen molar-refractivity contribution < 1.29 is 32.9 Å². The molecule has 0 aromatic rings. The lowest BCUT2D eigenvalue weighted by atomic mass is 10.1. The third-order valence-corrected chi connectivity index (χ3v) is 13.3. The Labute approximate surface area is 456 Å². The van der Waals surface area contributed by atoms with Crippen molar-refractivity contribution in [3.8, 4) is 0 Å². The molecule has 1 amide bonds. The number of carbonyl (C=O) groups excluding carboxylic acids is 1. The number of allylic oxidation sites excluding steroid dienone is 21. The topological polar surface area (TPSA) is 108 Å². The Morgan fingerprint density at radius 2 is 0.838 bits per heavy atom. The molecule has 0 bridgehead atoms. The maximum absolute atomic E-state index is 13.0. The molecule has 0 aliphatic heterocycles. The second-order valence-corrected chi connectivity index (χ2v) is 22.0. The van der Waals surface area contributed by atoms with Gasteiger partial charge in [-0.05, 0) is 103 Å². The first-order chi connectivity index (χ1) is 36.0. The van der Waals surface area contributed by atoms with Crippen molar-refractivity contribution in [3.05, 3.63) is 134 Å². The van der Waals surface area contributed by atoms with Gasteiger partial charge in [-0.2, -0.15) is 0 Å². The minimum absolute atomic E-state index is 0.0141. The molecule has 74 heavy (non-hydrogen) atoms. The molecule has 3 unspecified atom stereocenters. The van der Waals surface area contributed by atoms with Gasteiger partial charge in [0.25, 0.3) is 7.82 Å². The van der Waals surface area contributed by atoms with E-state index in [1.54, 1.807) is 6.08 Å². The summed E-state index contributed by atoms with van der Waals surface area (Å²) in [7, 11) is 1.22. The minimum Gasteiger partial charge on any atom is -0.756 e. The number of phosphoric ester groups is 1. The first-order valence-electron chi connectivity index (χ1n) is 29.5. The van der Waals surface area contributed by atoms with E-state index >= 15 is 0 Å². The molecular weight excluding hydrogens is 936 g/mol. The van der Waals surface area contributed by atoms with Crippen molar-refractivity contribution in [1.29, 1.82) is 0 Å². The summed E-state index contributed by atoms with van der Waals surface area (Å²) >= 11 is 0. The SMILES string of the molecule is CC/C=C\C/C=C\C/C=C\C/C=C\C/C=C\C/C=C\C/C=C\C/C=C\C/C=C\CCCCCCCCCCCC(=O)NC(COP(=O)([O-])OCC[N+](C)(C)C)C(O)/C=C/CC/C=C/CCCCCCCCCCC. The first-order valence-corrected chi connectivity index (χ1v) is 31.0. The van der Waals surface area contributed by atoms with Crippen LogP contribution in [0.3, 0.4) is 0 Å². The highest BCUT2D eigenvalue weighted by Gasteiger charge is 2.23. The number of aliphatic hydroxyl groups is 1. The summed E-state index contributed by atoms with van der Waals surface area (Å²) in [5.41, 5.74) is 0. The maximum Gasteiger partial charge on any atom is 0.268 e. The van der Waals surface area contributed by atoms with E-state index in [-0.39, 0.29) is 12.5 Å². The van der Waals surface area contributed by atoms with Gasteiger partial charge in [0, 0.05) is 6.42 Å². The van der Waals surface area contributed by atoms with Gasteiger partial charge in [0.05, 0.1) is 39.9 Å². The Hall–Kier alpha value is -3.36. The molecule has 0 heterocycles. The van der Waals surface area contributed by atoms with Crippen LogP contribution in [0.4, 0.5) is 0 Å². The van der Waals surface area contributed by atoms with Crippen LogP contribution in [0.1, 0.15) is 219 Å². The second-order valence-electron chi connectivity index (χ2n) is 20.6. The molecular formula is C65H111N2O6P. The molecule has 2 N–H and O–H groups in total. The molecule has 0 saturated heterocycles. The summed E-state index contributed by atoms with van der Waals surface area (Å²) in [5.74, 6) is -0.220. The molecule has 0 spiro atoms. The van der Waals surface area contributed by atoms with Crippen LogP contribution in [0, 0.1) is 0 Å². The van der Waals surface area contributed by atoms with E-state index in [1.807, 2.05) is 27.2 Å². The zero-order valence-electron chi connectivity index (χ0n) is 48.0. The minimum atomic E-state index is -4.61. The van der Waals surface area contributed by atoms with E-state index in [2.05, 4.69) is 141 Å². The number of unbranched alkanes of at least 4 members (excludes halogenated alkanes) is 19. The summed E-state index contributed by atoms with van der Waals surface area (Å²) in [4.78, 5) is 25.5. The van der Waals surface area contributed by atoms with Crippen LogP contribution in [0.2, 0.25) is 0 Å². The molecule has 0 radical (unpaired) electrons. The molecule has 8 nitrogen and oxygen atoms in total. The largest absolute Gasteiger partial charge is 0.756 e. The zero-order valence-corrected chi connectivity index (χ0v) is 48.9. The summed E-state index contributed by atoms with van der Waals surface area (Å²) in [6.45, 7) is 4.49. The van der Waals surface area contributed by atoms with Gasteiger partial charge in [0.15, 0.2) is 0 Å². The van der Waals surface area contributed by atoms with Gasteiger partial charge in [-0.1, -0.05) is 244 Å². The molecule has 9 heteroatoms. The smallest absolute Gasteiger partial charge is 0.268 e. The van der Waals surface area contributed by atoms with Crippen molar-refractivity contribution in [3.63, 3.8) is 0 Å². The third-order valence-electron chi connectivity index (χ3n) is 12.3. The Kier molecular flexibility index (Phi) is 52.0. The Bertz CT molecular complexity index is 1660. The number of amides is 1. The fourth-order valence-corrected chi connectivity index (χ4v) is 8.47. The third kappa shape index (κ3) is 56.4. The van der Waals surface area contributed by atoms with Crippen LogP contribution in [-0.4, -0.2) is 68.5 Å². The average molecular weight is 1050 g/mol. The van der Waals surface area contributed by atoms with Crippen molar-refractivity contribution in [1.82, 2.24) is 5.32 Å². The highest BCUT2D eigenvalue weighted by Crippen LogP contribution is 2.38. The number of carbonyl (C=O) groups is 1. The van der Waals surface area contributed by atoms with Gasteiger partial charge in [0.2, 0.25) is 5.91 Å². The summed E-state index contributed by atoms with van der Waals surface area (Å²) in [6.07, 6.45) is 82.5. The van der Waals surface area contributed by atoms with Gasteiger partial charge >= 0.3 is 0 Å². The predicted molar refractivity (Wildman–Crippen MR) is 320 cm³/mol. The molecule has 0 rings (SSSR count). The number of phosphoric acid groups is 1. The summed E-state index contributed by atoms with van der Waals surface area (Å²) < 4.78 is 23.3. The van der Waals surface area contributed by atoms with Gasteiger partial charge in [-0.3, -0.25) is 9.36 Å². The number of nitrogens with one attached hydrogen (secondary N) is 1. The molecule has 0 saturated carbocycles. The Morgan fingerprint density at radius 3 is 1.26 bits per heavy atom. The number of aliphatic hydroxyl groups excluding tert-OH is 1. The van der Waals surface area contributed by atoms with E-state index < -0.39 is 26.6 Å². The van der Waals surface area contributed by atoms with Crippen molar-refractivity contribution in [2.45, 2.75) is 231 Å². The van der Waals surface area contributed by atoms with Crippen LogP contribution >= 0.6 is 7.82 Å². The fourth-order valence-electron chi connectivity index (χ4n) is 7.75. The molecule has 0 aliphatic carbocycles. The van der Waals surface area contributed by atoms with E-state index in [0.29, 0.717) is 17.4 Å². The molecule has 3 atom stereocenters. The Morgan fingerprint density at radius 1 is 0.486 bits per heavy atom. The predicted octanol–water partition coefficient (Wildman–Crippen LogP) is 17.7. The summed E-state index contributed by atoms with van der Waals surface area (Å²) in [5, 5.41) is 13.8. The number of quaternary nitrogens is 1. The van der Waals surface area contributed by atoms with Crippen LogP contribution in [0.15, 0.2) is 134 Å². The van der Waals surface area contributed by atoms with E-state index in [4.69, 9.17) is 9.05 Å². The standard InChI is InChI=1S/C65H111N2O6P/c1-6-8-10-12-14-16-18-20-22-23-24-25-26-27-28-29-30-31-32-33-34-35-36-37-38-39-40-41-42-43-45-47-49-51-53-55-57-59-65(69)66-63(62-73-74(70,71)72-61-60-67(3,4)5)64(68)58-56-54-52-50-48-46-44-21-19-17-15-13-11-9-7-2/h8,10,14,16,20,22,24-25,27-28,30-31,33-34,36-37,39-40,48,50,56,58,63-64,68H,6-7,9,11-13,15,17-19,21,23,26,29,32,35,38,41-47,49,51-55,57,59-62H2,1-5H3,(H-,66,69,70,71)/b10-8-,16-14-,22-20-,25-24-,28-27-,31-30-,34-33-,37-36-,40-39-,50-48+,58-56+. The molecule has 0 fully saturated rings. The van der Waals surface area contributed by atoms with Gasteiger partial charge in [-0.15, -0.1) is 0 Å². The number of nitrogens with zero attached hydrogens (tertiary/aromatic N) is 1. The van der Waals surface area contributed by atoms with Crippen molar-refractivity contribution >= 4 is 13.7 Å². The normalized spacial score (nSPS) is 14.9. The number of hydrogen-bond acceptors (Lipinski definition) is 6. The lowest BCUT2D eigenvalue weighted by Gasteiger charge is -2.29. The second kappa shape index (κ2) is 54.4. The highest BCUT2D eigenvalue weighted by atomic mass is 31.2. The lowest BCUT2D eigenvalue weighted by molar-refractivity contribution is -0.870. The van der Waals surface area contributed by atoms with Crippen LogP contribution in [0.5, 0.6) is 0 Å². The summed E-state index contributed by atoms with van der Waals surface area (Å²) in [6, 6.07) is -0.916. The number of rotatable bonds is 52. The maximum atomic E-state index is 13.0. The first kappa shape index (κ1) is 70.6. The molecule has 0 aliphatic rings. The van der Waals surface area contributed by atoms with Crippen LogP contribution in [0.25, 0.3) is 0 Å². The fraction of sp³-hybridized carbons (Fsp3) is 0.646. The van der Waals surface area contributed by atoms with Crippen LogP contribution in [-0.2, 0) is 18.4 Å². The van der Waals surface area contributed by atoms with Crippen LogP contribution < -0.4 is 10.2 Å². The number of hydrogen-bond donors (Lipinski definition) is 2. The highest BCUT2D eigenvalue weighted by molar-refractivity contribution is 7.45. The molecule has 0 aromatic carbocycles. The quantitative estimate of drug-likeness (QED) is 0.0272. The van der Waals surface area contributed by atoms with Gasteiger partial charge in [0.1, 0.15) is 13.2 Å². The van der Waals surface area contributed by atoms with Crippen molar-refractivity contribution in [2.75, 3.05) is 40.9 Å². The Balaban J connectivity index is 4.18. The van der Waals surface area contributed by atoms with E-state index in [1.165, 1.54) is 89.9 Å². The molecule has 0 aromatic heterocycles. The average Bonchev–Trinajstić information content (AvgIpc) is 3.36. The zero-order chi connectivity index (χ0) is 54.2. The molecule has 422 valence electrons. The monoisotopic (exact) mass is 1050 g/mol. The number of likely N-dealkylation sites (N-methyl/N-ethyl adjacent to an activating group) is 1. The lowest BCUT2D eigenvalue weighted by Crippen LogP contribution is -2.45. The van der Waals surface area contributed by atoms with Gasteiger partial charge < -0.3 is 28.8 Å². The van der Waals surface area contributed by atoms with E-state index in [0.717, 1.165) is 109 Å². The van der Waals surface area contributed by atoms with Gasteiger partial charge in [-0.25, -0.2) is 0 Å². The van der Waals surface area contributed by atoms with Crippen molar-refractivity contribution in [2.24, 2.45) is 0 Å². The van der Waals surface area contributed by atoms with E-state index in [9.17, 15) is 19.4 Å².